The Kier molecular flexibility index (Phi) is 5.14. The number of anilines is 1. The molecule has 0 fully saturated rings. The first kappa shape index (κ1) is 16.3. The van der Waals surface area contributed by atoms with Crippen LogP contribution in [0.1, 0.15) is 22.8 Å². The minimum atomic E-state index is -1.35. The number of aromatic carboxylic acids is 1. The van der Waals surface area contributed by atoms with Crippen LogP contribution < -0.4 is 15.7 Å². The molecule has 7 heteroatoms. The fourth-order valence-corrected chi connectivity index (χ4v) is 2.00. The summed E-state index contributed by atoms with van der Waals surface area (Å²) in [5.41, 5.74) is 0.395. The number of aromatic nitrogens is 1. The molecule has 0 radical (unpaired) electrons. The average Bonchev–Trinajstić information content (AvgIpc) is 2.54. The average molecular weight is 316 g/mol. The second-order valence-electron chi connectivity index (χ2n) is 4.69. The second-order valence-corrected chi connectivity index (χ2v) is 4.69. The van der Waals surface area contributed by atoms with E-state index in [1.807, 2.05) is 19.1 Å². The van der Waals surface area contributed by atoms with E-state index in [4.69, 9.17) is 9.94 Å². The van der Waals surface area contributed by atoms with Gasteiger partial charge in [-0.25, -0.2) is 4.79 Å². The molecule has 0 aliphatic rings. The lowest BCUT2D eigenvalue weighted by atomic mass is 10.1. The van der Waals surface area contributed by atoms with Crippen molar-refractivity contribution in [3.05, 3.63) is 64.1 Å². The van der Waals surface area contributed by atoms with Gasteiger partial charge in [-0.15, -0.1) is 0 Å². The lowest BCUT2D eigenvalue weighted by Gasteiger charge is -2.11. The van der Waals surface area contributed by atoms with Crippen LogP contribution in [0.5, 0.6) is 0 Å². The Morgan fingerprint density at radius 1 is 1.22 bits per heavy atom. The molecule has 7 nitrogen and oxygen atoms in total. The molecular weight excluding hydrogens is 300 g/mol. The molecule has 23 heavy (non-hydrogen) atoms. The largest absolute Gasteiger partial charge is 0.477 e. The fourth-order valence-electron chi connectivity index (χ4n) is 2.00. The number of hydrogen-bond donors (Lipinski definition) is 2. The summed E-state index contributed by atoms with van der Waals surface area (Å²) in [5.74, 6) is -1.80. The van der Waals surface area contributed by atoms with E-state index in [2.05, 4.69) is 5.32 Å². The van der Waals surface area contributed by atoms with Gasteiger partial charge < -0.3 is 15.3 Å². The number of pyridine rings is 1. The fraction of sp³-hybridized carbons (Fsp3) is 0.188. The highest BCUT2D eigenvalue weighted by atomic mass is 16.7. The maximum absolute atomic E-state index is 11.9. The molecule has 2 N–H and O–H groups in total. The van der Waals surface area contributed by atoms with Crippen molar-refractivity contribution in [2.24, 2.45) is 0 Å². The monoisotopic (exact) mass is 316 g/mol. The lowest BCUT2D eigenvalue weighted by molar-refractivity contribution is -0.120. The Morgan fingerprint density at radius 3 is 2.65 bits per heavy atom. The Bertz CT molecular complexity index is 782. The highest BCUT2D eigenvalue weighted by Crippen LogP contribution is 2.14. The van der Waals surface area contributed by atoms with Crippen LogP contribution in [0.2, 0.25) is 0 Å². The minimum Gasteiger partial charge on any atom is -0.477 e. The summed E-state index contributed by atoms with van der Waals surface area (Å²) in [6.45, 7) is 1.56. The van der Waals surface area contributed by atoms with Crippen molar-refractivity contribution in [2.45, 2.75) is 13.3 Å². The van der Waals surface area contributed by atoms with Crippen LogP contribution in [-0.4, -0.2) is 28.3 Å². The van der Waals surface area contributed by atoms with Crippen LogP contribution in [0.4, 0.5) is 5.69 Å². The van der Waals surface area contributed by atoms with E-state index in [9.17, 15) is 14.4 Å². The van der Waals surface area contributed by atoms with Crippen molar-refractivity contribution in [3.63, 3.8) is 0 Å². The number of carbonyl (C=O) groups excluding carboxylic acids is 1. The van der Waals surface area contributed by atoms with Gasteiger partial charge in [0.05, 0.1) is 0 Å². The number of aryl methyl sites for hydroxylation is 1. The highest BCUT2D eigenvalue weighted by Gasteiger charge is 2.12. The molecule has 0 atom stereocenters. The Labute approximate surface area is 132 Å². The number of carboxylic acid groups (broad SMARTS) is 1. The normalized spacial score (nSPS) is 10.1. The molecule has 0 saturated heterocycles. The number of hydrogen-bond acceptors (Lipinski definition) is 4. The Balaban J connectivity index is 2.04. The standard InChI is InChI=1S/C16H16N2O5/c1-2-11-6-3-4-8-13(11)17-14(19)10-23-18-9-5-7-12(15(18)20)16(21)22/h3-9H,2,10H2,1H3,(H,17,19)(H,21,22). The molecule has 0 aliphatic carbocycles. The number of carbonyl (C=O) groups is 2. The maximum atomic E-state index is 11.9. The minimum absolute atomic E-state index is 0.416. The van der Waals surface area contributed by atoms with Gasteiger partial charge in [0.25, 0.3) is 11.5 Å². The number of carboxylic acids is 1. The molecule has 1 aromatic carbocycles. The SMILES string of the molecule is CCc1ccccc1NC(=O)COn1cccc(C(=O)O)c1=O. The zero-order valence-corrected chi connectivity index (χ0v) is 12.5. The van der Waals surface area contributed by atoms with Crippen molar-refractivity contribution in [3.8, 4) is 0 Å². The predicted molar refractivity (Wildman–Crippen MR) is 83.6 cm³/mol. The van der Waals surface area contributed by atoms with Crippen molar-refractivity contribution in [2.75, 3.05) is 11.9 Å². The molecular formula is C16H16N2O5. The Hall–Kier alpha value is -3.09. The molecule has 1 heterocycles. The van der Waals surface area contributed by atoms with Crippen LogP contribution in [-0.2, 0) is 11.2 Å². The first-order valence-corrected chi connectivity index (χ1v) is 6.99. The van der Waals surface area contributed by atoms with E-state index in [0.29, 0.717) is 5.69 Å². The topological polar surface area (TPSA) is 97.6 Å². The predicted octanol–water partition coefficient (Wildman–Crippen LogP) is 1.18. The number of nitrogens with one attached hydrogen (secondary N) is 1. The molecule has 2 rings (SSSR count). The molecule has 2 aromatic rings. The van der Waals surface area contributed by atoms with Crippen molar-refractivity contribution >= 4 is 17.6 Å². The van der Waals surface area contributed by atoms with E-state index in [1.165, 1.54) is 18.3 Å². The summed E-state index contributed by atoms with van der Waals surface area (Å²) in [6.07, 6.45) is 2.01. The van der Waals surface area contributed by atoms with Gasteiger partial charge in [-0.1, -0.05) is 25.1 Å². The smallest absolute Gasteiger partial charge is 0.341 e. The van der Waals surface area contributed by atoms with Gasteiger partial charge in [0.1, 0.15) is 5.56 Å². The molecule has 0 unspecified atom stereocenters. The molecule has 0 aliphatic heterocycles. The van der Waals surface area contributed by atoms with E-state index in [0.717, 1.165) is 16.7 Å². The van der Waals surface area contributed by atoms with E-state index >= 15 is 0 Å². The number of nitrogens with zero attached hydrogens (tertiary/aromatic N) is 1. The van der Waals surface area contributed by atoms with Gasteiger partial charge in [-0.05, 0) is 30.2 Å². The van der Waals surface area contributed by atoms with Crippen molar-refractivity contribution in [1.29, 1.82) is 0 Å². The van der Waals surface area contributed by atoms with E-state index in [-0.39, 0.29) is 0 Å². The number of rotatable bonds is 6. The van der Waals surface area contributed by atoms with E-state index in [1.54, 1.807) is 12.1 Å². The Morgan fingerprint density at radius 2 is 1.96 bits per heavy atom. The van der Waals surface area contributed by atoms with Crippen LogP contribution >= 0.6 is 0 Å². The first-order valence-electron chi connectivity index (χ1n) is 6.99. The van der Waals surface area contributed by atoms with Crippen LogP contribution in [0.15, 0.2) is 47.4 Å². The first-order chi connectivity index (χ1) is 11.0. The third-order valence-corrected chi connectivity index (χ3v) is 3.15. The molecule has 0 saturated carbocycles. The lowest BCUT2D eigenvalue weighted by Crippen LogP contribution is -2.34. The molecule has 0 spiro atoms. The third kappa shape index (κ3) is 3.97. The maximum Gasteiger partial charge on any atom is 0.341 e. The summed E-state index contributed by atoms with van der Waals surface area (Å²) in [4.78, 5) is 39.7. The zero-order valence-electron chi connectivity index (χ0n) is 12.5. The highest BCUT2D eigenvalue weighted by molar-refractivity contribution is 5.92. The summed E-state index contributed by atoms with van der Waals surface area (Å²) in [7, 11) is 0. The van der Waals surface area contributed by atoms with Gasteiger partial charge in [-0.3, -0.25) is 9.59 Å². The number of amides is 1. The molecule has 0 bridgehead atoms. The van der Waals surface area contributed by atoms with Crippen LogP contribution in [0.3, 0.4) is 0 Å². The van der Waals surface area contributed by atoms with Gasteiger partial charge in [0.2, 0.25) is 0 Å². The second kappa shape index (κ2) is 7.26. The molecule has 1 amide bonds. The number of para-hydroxylation sites is 1. The molecule has 120 valence electrons. The zero-order chi connectivity index (χ0) is 16.8. The van der Waals surface area contributed by atoms with Gasteiger partial charge in [-0.2, -0.15) is 4.73 Å². The van der Waals surface area contributed by atoms with Gasteiger partial charge >= 0.3 is 5.97 Å². The van der Waals surface area contributed by atoms with Crippen molar-refractivity contribution in [1.82, 2.24) is 4.73 Å². The summed E-state index contributed by atoms with van der Waals surface area (Å²) >= 11 is 0. The third-order valence-electron chi connectivity index (χ3n) is 3.15. The van der Waals surface area contributed by atoms with E-state index < -0.39 is 29.6 Å². The van der Waals surface area contributed by atoms with Crippen LogP contribution in [0, 0.1) is 0 Å². The van der Waals surface area contributed by atoms with Gasteiger partial charge in [0, 0.05) is 11.9 Å². The quantitative estimate of drug-likeness (QED) is 0.834. The summed E-state index contributed by atoms with van der Waals surface area (Å²) in [5, 5.41) is 11.6. The summed E-state index contributed by atoms with van der Waals surface area (Å²) < 4.78 is 0.731. The molecule has 1 aromatic heterocycles. The van der Waals surface area contributed by atoms with Gasteiger partial charge in [0.15, 0.2) is 6.61 Å². The van der Waals surface area contributed by atoms with Crippen molar-refractivity contribution < 1.29 is 19.5 Å². The summed E-state index contributed by atoms with van der Waals surface area (Å²) in [6, 6.07) is 9.88. The van der Waals surface area contributed by atoms with Crippen LogP contribution in [0.25, 0.3) is 0 Å². The number of benzene rings is 1.